The zero-order chi connectivity index (χ0) is 19.0. The summed E-state index contributed by atoms with van der Waals surface area (Å²) in [5, 5.41) is 21.0. The van der Waals surface area contributed by atoms with Crippen LogP contribution in [0.3, 0.4) is 0 Å². The summed E-state index contributed by atoms with van der Waals surface area (Å²) in [6.07, 6.45) is 1.77. The molecule has 7 nitrogen and oxygen atoms in total. The first-order valence-corrected chi connectivity index (χ1v) is 8.61. The van der Waals surface area contributed by atoms with E-state index in [-0.39, 0.29) is 6.04 Å². The Kier molecular flexibility index (Phi) is 4.09. The summed E-state index contributed by atoms with van der Waals surface area (Å²) in [7, 11) is 1.94. The minimum Gasteiger partial charge on any atom is -0.416 e. The fraction of sp³-hybridized carbons (Fsp3) is 0.200. The van der Waals surface area contributed by atoms with E-state index in [1.165, 1.54) is 0 Å². The second-order valence-electron chi connectivity index (χ2n) is 6.64. The van der Waals surface area contributed by atoms with E-state index >= 15 is 0 Å². The highest BCUT2D eigenvalue weighted by Crippen LogP contribution is 2.28. The summed E-state index contributed by atoms with van der Waals surface area (Å²) >= 11 is 0. The number of benzene rings is 2. The van der Waals surface area contributed by atoms with Gasteiger partial charge in [-0.05, 0) is 50.2 Å². The second-order valence-corrected chi connectivity index (χ2v) is 6.64. The maximum atomic E-state index is 9.43. The van der Waals surface area contributed by atoms with E-state index in [0.29, 0.717) is 22.9 Å². The largest absolute Gasteiger partial charge is 0.416 e. The van der Waals surface area contributed by atoms with Crippen molar-refractivity contribution in [2.45, 2.75) is 19.9 Å². The first kappa shape index (κ1) is 16.8. The van der Waals surface area contributed by atoms with Gasteiger partial charge in [0.1, 0.15) is 6.07 Å². The van der Waals surface area contributed by atoms with E-state index in [1.54, 1.807) is 12.4 Å². The van der Waals surface area contributed by atoms with E-state index < -0.39 is 0 Å². The average Bonchev–Trinajstić information content (AvgIpc) is 3.29. The van der Waals surface area contributed by atoms with Crippen molar-refractivity contribution in [2.24, 2.45) is 7.05 Å². The summed E-state index contributed by atoms with van der Waals surface area (Å²) < 4.78 is 7.80. The topological polar surface area (TPSA) is 92.6 Å². The lowest BCUT2D eigenvalue weighted by Crippen LogP contribution is -2.10. The molecule has 7 heteroatoms. The Balaban J connectivity index is 1.69. The minimum absolute atomic E-state index is 0.236. The van der Waals surface area contributed by atoms with Crippen molar-refractivity contribution in [1.82, 2.24) is 19.7 Å². The summed E-state index contributed by atoms with van der Waals surface area (Å²) in [6.45, 7) is 4.05. The third-order valence-corrected chi connectivity index (χ3v) is 4.23. The molecule has 0 saturated carbocycles. The molecule has 0 amide bonds. The molecular formula is C20H18N6O. The first-order chi connectivity index (χ1) is 13.0. The molecule has 0 unspecified atom stereocenters. The molecule has 0 aliphatic heterocycles. The van der Waals surface area contributed by atoms with Gasteiger partial charge >= 0.3 is 0 Å². The number of nitrogens with one attached hydrogen (secondary N) is 1. The van der Waals surface area contributed by atoms with Crippen molar-refractivity contribution in [2.75, 3.05) is 5.32 Å². The van der Waals surface area contributed by atoms with Crippen LogP contribution in [-0.2, 0) is 7.05 Å². The van der Waals surface area contributed by atoms with Crippen LogP contribution in [0.5, 0.6) is 0 Å². The number of imidazole rings is 1. The first-order valence-electron chi connectivity index (χ1n) is 8.61. The van der Waals surface area contributed by atoms with E-state index in [2.05, 4.69) is 26.6 Å². The number of anilines is 1. The lowest BCUT2D eigenvalue weighted by molar-refractivity contribution is 0.584. The predicted molar refractivity (Wildman–Crippen MR) is 103 cm³/mol. The molecule has 0 bridgehead atoms. The number of fused-ring (bicyclic) bond motifs is 1. The smallest absolute Gasteiger partial charge is 0.248 e. The number of aryl methyl sites for hydroxylation is 1. The van der Waals surface area contributed by atoms with Gasteiger partial charge in [0.2, 0.25) is 11.8 Å². The van der Waals surface area contributed by atoms with Crippen molar-refractivity contribution < 1.29 is 4.42 Å². The van der Waals surface area contributed by atoms with Crippen LogP contribution in [0.4, 0.5) is 5.69 Å². The van der Waals surface area contributed by atoms with Gasteiger partial charge in [0.05, 0.1) is 28.6 Å². The van der Waals surface area contributed by atoms with Gasteiger partial charge in [0, 0.05) is 24.2 Å². The second kappa shape index (κ2) is 6.57. The van der Waals surface area contributed by atoms with Crippen molar-refractivity contribution in [3.63, 3.8) is 0 Å². The van der Waals surface area contributed by atoms with Gasteiger partial charge < -0.3 is 14.3 Å². The number of hydrogen-bond donors (Lipinski definition) is 1. The normalized spacial score (nSPS) is 11.1. The van der Waals surface area contributed by atoms with Crippen LogP contribution in [0.25, 0.3) is 33.9 Å². The molecule has 0 spiro atoms. The van der Waals surface area contributed by atoms with Crippen LogP contribution in [0, 0.1) is 11.3 Å². The Labute approximate surface area is 156 Å². The van der Waals surface area contributed by atoms with Crippen molar-refractivity contribution in [1.29, 1.82) is 5.26 Å². The average molecular weight is 358 g/mol. The third kappa shape index (κ3) is 3.13. The number of rotatable bonds is 4. The standard InChI is InChI=1S/C20H18N6O/c1-12(2)23-16-6-4-13(8-15(16)10-21)19-24-25-20(27-19)14-5-7-17-18(9-14)26(3)11-22-17/h4-9,11-12,23H,1-3H3. The van der Waals surface area contributed by atoms with Crippen LogP contribution >= 0.6 is 0 Å². The lowest BCUT2D eigenvalue weighted by atomic mass is 10.1. The molecule has 27 heavy (non-hydrogen) atoms. The maximum Gasteiger partial charge on any atom is 0.248 e. The quantitative estimate of drug-likeness (QED) is 0.593. The fourth-order valence-corrected chi connectivity index (χ4v) is 2.92. The highest BCUT2D eigenvalue weighted by molar-refractivity contribution is 5.80. The van der Waals surface area contributed by atoms with E-state index in [0.717, 1.165) is 22.3 Å². The molecule has 2 aromatic carbocycles. The van der Waals surface area contributed by atoms with Gasteiger partial charge in [-0.15, -0.1) is 10.2 Å². The molecule has 134 valence electrons. The highest BCUT2D eigenvalue weighted by Gasteiger charge is 2.14. The summed E-state index contributed by atoms with van der Waals surface area (Å²) in [4.78, 5) is 4.31. The van der Waals surface area contributed by atoms with Crippen LogP contribution in [0.2, 0.25) is 0 Å². The predicted octanol–water partition coefficient (Wildman–Crippen LogP) is 3.98. The van der Waals surface area contributed by atoms with Crippen molar-refractivity contribution in [3.05, 3.63) is 48.3 Å². The summed E-state index contributed by atoms with van der Waals surface area (Å²) in [5.74, 6) is 0.804. The zero-order valence-corrected chi connectivity index (χ0v) is 15.3. The Morgan fingerprint density at radius 3 is 2.48 bits per heavy atom. The molecule has 0 aliphatic carbocycles. The SMILES string of the molecule is CC(C)Nc1ccc(-c2nnc(-c3ccc4ncn(C)c4c3)o2)cc1C#N. The number of nitriles is 1. The molecule has 0 aliphatic rings. The monoisotopic (exact) mass is 358 g/mol. The Bertz CT molecular complexity index is 1160. The van der Waals surface area contributed by atoms with E-state index in [1.807, 2.05) is 55.8 Å². The Morgan fingerprint density at radius 2 is 1.78 bits per heavy atom. The van der Waals surface area contributed by atoms with Crippen LogP contribution < -0.4 is 5.32 Å². The lowest BCUT2D eigenvalue weighted by Gasteiger charge is -2.11. The molecule has 4 rings (SSSR count). The molecule has 1 N–H and O–H groups in total. The van der Waals surface area contributed by atoms with Gasteiger partial charge in [-0.1, -0.05) is 0 Å². The minimum atomic E-state index is 0.236. The van der Waals surface area contributed by atoms with Gasteiger partial charge in [-0.2, -0.15) is 5.26 Å². The fourth-order valence-electron chi connectivity index (χ4n) is 2.92. The molecule has 0 radical (unpaired) electrons. The molecule has 0 fully saturated rings. The number of nitrogens with zero attached hydrogens (tertiary/aromatic N) is 5. The van der Waals surface area contributed by atoms with Gasteiger partial charge in [-0.3, -0.25) is 0 Å². The zero-order valence-electron chi connectivity index (χ0n) is 15.3. The molecule has 0 atom stereocenters. The van der Waals surface area contributed by atoms with E-state index in [4.69, 9.17) is 4.42 Å². The Morgan fingerprint density at radius 1 is 1.07 bits per heavy atom. The Hall–Kier alpha value is -3.66. The van der Waals surface area contributed by atoms with E-state index in [9.17, 15) is 5.26 Å². The maximum absolute atomic E-state index is 9.43. The van der Waals surface area contributed by atoms with Gasteiger partial charge in [-0.25, -0.2) is 4.98 Å². The molecule has 4 aromatic rings. The van der Waals surface area contributed by atoms with Crippen LogP contribution in [0.15, 0.2) is 47.1 Å². The molecule has 0 saturated heterocycles. The van der Waals surface area contributed by atoms with Gasteiger partial charge in [0.15, 0.2) is 0 Å². The third-order valence-electron chi connectivity index (χ3n) is 4.23. The molecule has 2 aromatic heterocycles. The van der Waals surface area contributed by atoms with Crippen LogP contribution in [-0.4, -0.2) is 25.8 Å². The summed E-state index contributed by atoms with van der Waals surface area (Å²) in [6, 6.07) is 13.7. The van der Waals surface area contributed by atoms with Crippen LogP contribution in [0.1, 0.15) is 19.4 Å². The van der Waals surface area contributed by atoms with Gasteiger partial charge in [0.25, 0.3) is 0 Å². The summed E-state index contributed by atoms with van der Waals surface area (Å²) in [5.41, 5.74) is 4.76. The molecule has 2 heterocycles. The highest BCUT2D eigenvalue weighted by atomic mass is 16.4. The number of aromatic nitrogens is 4. The van der Waals surface area contributed by atoms with Crippen molar-refractivity contribution in [3.8, 4) is 29.0 Å². The molecular weight excluding hydrogens is 340 g/mol. The van der Waals surface area contributed by atoms with Crippen molar-refractivity contribution >= 4 is 16.7 Å². The number of hydrogen-bond acceptors (Lipinski definition) is 6.